The summed E-state index contributed by atoms with van der Waals surface area (Å²) in [6, 6.07) is 17.5. The normalized spacial score (nSPS) is 13.4. The number of para-hydroxylation sites is 1. The fourth-order valence-corrected chi connectivity index (χ4v) is 2.79. The Bertz CT molecular complexity index is 563. The fraction of sp³-hybridized carbons (Fsp3) is 0.333. The van der Waals surface area contributed by atoms with Crippen molar-refractivity contribution in [2.24, 2.45) is 0 Å². The summed E-state index contributed by atoms with van der Waals surface area (Å²) >= 11 is 0. The summed E-state index contributed by atoms with van der Waals surface area (Å²) in [7, 11) is 2.16. The van der Waals surface area contributed by atoms with E-state index >= 15 is 0 Å². The quantitative estimate of drug-likeness (QED) is 0.907. The van der Waals surface area contributed by atoms with E-state index in [2.05, 4.69) is 65.8 Å². The SMILES string of the molecule is CN(CCc1ccc2c(c1)CCCN2)c1ccccc1. The molecule has 3 rings (SSSR count). The number of nitrogens with one attached hydrogen (secondary N) is 1. The van der Waals surface area contributed by atoms with Crippen molar-refractivity contribution in [3.05, 3.63) is 59.7 Å². The van der Waals surface area contributed by atoms with Crippen LogP contribution in [-0.2, 0) is 12.8 Å². The third-order valence-electron chi connectivity index (χ3n) is 4.04. The van der Waals surface area contributed by atoms with Crippen LogP contribution in [0.5, 0.6) is 0 Å². The lowest BCUT2D eigenvalue weighted by atomic mass is 9.99. The Morgan fingerprint density at radius 3 is 2.80 bits per heavy atom. The number of fused-ring (bicyclic) bond motifs is 1. The zero-order valence-corrected chi connectivity index (χ0v) is 12.1. The molecule has 0 spiro atoms. The molecule has 0 aliphatic carbocycles. The zero-order chi connectivity index (χ0) is 13.8. The molecule has 1 N–H and O–H groups in total. The van der Waals surface area contributed by atoms with Crippen LogP contribution in [0.3, 0.4) is 0 Å². The van der Waals surface area contributed by atoms with Crippen LogP contribution in [0.4, 0.5) is 11.4 Å². The summed E-state index contributed by atoms with van der Waals surface area (Å²) < 4.78 is 0. The van der Waals surface area contributed by atoms with Gasteiger partial charge in [0.05, 0.1) is 0 Å². The van der Waals surface area contributed by atoms with Crippen LogP contribution >= 0.6 is 0 Å². The highest BCUT2D eigenvalue weighted by molar-refractivity contribution is 5.54. The lowest BCUT2D eigenvalue weighted by molar-refractivity contribution is 0.822. The van der Waals surface area contributed by atoms with Crippen LogP contribution in [0.1, 0.15) is 17.5 Å². The highest BCUT2D eigenvalue weighted by Crippen LogP contribution is 2.23. The summed E-state index contributed by atoms with van der Waals surface area (Å²) in [6.45, 7) is 2.17. The molecule has 104 valence electrons. The summed E-state index contributed by atoms with van der Waals surface area (Å²) in [5, 5.41) is 3.47. The third-order valence-corrected chi connectivity index (χ3v) is 4.04. The number of nitrogens with zero attached hydrogens (tertiary/aromatic N) is 1. The molecule has 0 aromatic heterocycles. The maximum absolute atomic E-state index is 3.47. The number of anilines is 2. The number of rotatable bonds is 4. The third kappa shape index (κ3) is 2.96. The number of aryl methyl sites for hydroxylation is 1. The molecule has 0 radical (unpaired) electrons. The van der Waals surface area contributed by atoms with Gasteiger partial charge in [0.25, 0.3) is 0 Å². The van der Waals surface area contributed by atoms with Crippen LogP contribution in [-0.4, -0.2) is 20.1 Å². The predicted molar refractivity (Wildman–Crippen MR) is 86.7 cm³/mol. The van der Waals surface area contributed by atoms with Gasteiger partial charge in [-0.25, -0.2) is 0 Å². The van der Waals surface area contributed by atoms with E-state index < -0.39 is 0 Å². The van der Waals surface area contributed by atoms with Gasteiger partial charge in [-0.2, -0.15) is 0 Å². The number of benzene rings is 2. The van der Waals surface area contributed by atoms with Crippen molar-refractivity contribution >= 4 is 11.4 Å². The van der Waals surface area contributed by atoms with E-state index in [0.717, 1.165) is 19.5 Å². The minimum Gasteiger partial charge on any atom is -0.385 e. The summed E-state index contributed by atoms with van der Waals surface area (Å²) in [5.74, 6) is 0. The van der Waals surface area contributed by atoms with Crippen molar-refractivity contribution < 1.29 is 0 Å². The van der Waals surface area contributed by atoms with Crippen molar-refractivity contribution in [1.82, 2.24) is 0 Å². The van der Waals surface area contributed by atoms with Gasteiger partial charge in [-0.15, -0.1) is 0 Å². The standard InChI is InChI=1S/C18H22N2/c1-20(17-7-3-2-4-8-17)13-11-15-9-10-18-16(14-15)6-5-12-19-18/h2-4,7-10,14,19H,5-6,11-13H2,1H3. The molecule has 0 atom stereocenters. The first kappa shape index (κ1) is 13.0. The van der Waals surface area contributed by atoms with E-state index in [-0.39, 0.29) is 0 Å². The van der Waals surface area contributed by atoms with Crippen LogP contribution < -0.4 is 10.2 Å². The van der Waals surface area contributed by atoms with Crippen LogP contribution in [0, 0.1) is 0 Å². The number of hydrogen-bond acceptors (Lipinski definition) is 2. The summed E-state index contributed by atoms with van der Waals surface area (Å²) in [5.41, 5.74) is 5.54. The second-order valence-corrected chi connectivity index (χ2v) is 5.53. The largest absolute Gasteiger partial charge is 0.385 e. The van der Waals surface area contributed by atoms with Gasteiger partial charge in [-0.05, 0) is 48.6 Å². The molecule has 1 heterocycles. The van der Waals surface area contributed by atoms with Crippen molar-refractivity contribution in [3.63, 3.8) is 0 Å². The molecule has 0 amide bonds. The number of hydrogen-bond donors (Lipinski definition) is 1. The minimum atomic E-state index is 1.05. The summed E-state index contributed by atoms with van der Waals surface area (Å²) in [4.78, 5) is 2.32. The Labute approximate surface area is 121 Å². The van der Waals surface area contributed by atoms with Crippen molar-refractivity contribution in [2.45, 2.75) is 19.3 Å². The zero-order valence-electron chi connectivity index (χ0n) is 12.1. The molecular formula is C18H22N2. The van der Waals surface area contributed by atoms with E-state index in [1.54, 1.807) is 0 Å². The molecule has 1 aliphatic heterocycles. The van der Waals surface area contributed by atoms with E-state index in [1.165, 1.54) is 35.3 Å². The molecule has 0 saturated carbocycles. The van der Waals surface area contributed by atoms with E-state index in [1.807, 2.05) is 0 Å². The van der Waals surface area contributed by atoms with Crippen LogP contribution in [0.25, 0.3) is 0 Å². The van der Waals surface area contributed by atoms with Gasteiger partial charge in [0.15, 0.2) is 0 Å². The van der Waals surface area contributed by atoms with Gasteiger partial charge in [-0.1, -0.05) is 30.3 Å². The highest BCUT2D eigenvalue weighted by atomic mass is 15.1. The predicted octanol–water partition coefficient (Wildman–Crippen LogP) is 3.72. The Hall–Kier alpha value is -1.96. The first-order valence-corrected chi connectivity index (χ1v) is 7.45. The van der Waals surface area contributed by atoms with Gasteiger partial charge < -0.3 is 10.2 Å². The lowest BCUT2D eigenvalue weighted by Crippen LogP contribution is -2.20. The molecule has 2 aromatic carbocycles. The average Bonchev–Trinajstić information content (AvgIpc) is 2.53. The van der Waals surface area contributed by atoms with E-state index in [4.69, 9.17) is 0 Å². The minimum absolute atomic E-state index is 1.05. The van der Waals surface area contributed by atoms with Gasteiger partial charge in [-0.3, -0.25) is 0 Å². The molecule has 2 heteroatoms. The topological polar surface area (TPSA) is 15.3 Å². The maximum atomic E-state index is 3.47. The molecule has 0 unspecified atom stereocenters. The molecule has 2 nitrogen and oxygen atoms in total. The van der Waals surface area contributed by atoms with Gasteiger partial charge in [0.1, 0.15) is 0 Å². The van der Waals surface area contributed by atoms with E-state index in [9.17, 15) is 0 Å². The Balaban J connectivity index is 1.64. The van der Waals surface area contributed by atoms with Gasteiger partial charge in [0.2, 0.25) is 0 Å². The monoisotopic (exact) mass is 266 g/mol. The number of likely N-dealkylation sites (N-methyl/N-ethyl adjacent to an activating group) is 1. The second kappa shape index (κ2) is 6.00. The average molecular weight is 266 g/mol. The highest BCUT2D eigenvalue weighted by Gasteiger charge is 2.09. The lowest BCUT2D eigenvalue weighted by Gasteiger charge is -2.21. The molecule has 2 aromatic rings. The van der Waals surface area contributed by atoms with Gasteiger partial charge >= 0.3 is 0 Å². The Morgan fingerprint density at radius 1 is 1.10 bits per heavy atom. The molecular weight excluding hydrogens is 244 g/mol. The van der Waals surface area contributed by atoms with Crippen molar-refractivity contribution in [2.75, 3.05) is 30.4 Å². The van der Waals surface area contributed by atoms with Crippen molar-refractivity contribution in [3.8, 4) is 0 Å². The first-order valence-electron chi connectivity index (χ1n) is 7.45. The second-order valence-electron chi connectivity index (χ2n) is 5.53. The van der Waals surface area contributed by atoms with Crippen molar-refractivity contribution in [1.29, 1.82) is 0 Å². The Morgan fingerprint density at radius 2 is 1.95 bits per heavy atom. The molecule has 0 bridgehead atoms. The fourth-order valence-electron chi connectivity index (χ4n) is 2.79. The summed E-state index contributed by atoms with van der Waals surface area (Å²) in [6.07, 6.45) is 3.56. The molecule has 0 saturated heterocycles. The smallest absolute Gasteiger partial charge is 0.0372 e. The molecule has 1 aliphatic rings. The first-order chi connectivity index (χ1) is 9.83. The van der Waals surface area contributed by atoms with Crippen LogP contribution in [0.2, 0.25) is 0 Å². The van der Waals surface area contributed by atoms with Crippen LogP contribution in [0.15, 0.2) is 48.5 Å². The maximum Gasteiger partial charge on any atom is 0.0372 e. The molecule has 0 fully saturated rings. The van der Waals surface area contributed by atoms with Gasteiger partial charge in [0, 0.05) is 31.5 Å². The van der Waals surface area contributed by atoms with E-state index in [0.29, 0.717) is 0 Å². The molecule has 20 heavy (non-hydrogen) atoms. The Kier molecular flexibility index (Phi) is 3.91.